The van der Waals surface area contributed by atoms with Crippen molar-refractivity contribution >= 4 is 34.1 Å². The highest BCUT2D eigenvalue weighted by Crippen LogP contribution is 2.45. The minimum absolute atomic E-state index is 0.0326. The normalized spacial score (nSPS) is 15.5. The van der Waals surface area contributed by atoms with Crippen molar-refractivity contribution in [3.8, 4) is 11.5 Å². The molecule has 1 N–H and O–H groups in total. The minimum atomic E-state index is -1.09. The number of esters is 1. The number of nitrogens with zero attached hydrogens (tertiary/aromatic N) is 2. The Morgan fingerprint density at radius 2 is 1.80 bits per heavy atom. The number of amides is 1. The number of aryl methyl sites for hydroxylation is 2. The Labute approximate surface area is 204 Å². The van der Waals surface area contributed by atoms with Crippen LogP contribution in [0.2, 0.25) is 0 Å². The highest BCUT2D eigenvalue weighted by Gasteiger charge is 2.47. The summed E-state index contributed by atoms with van der Waals surface area (Å²) in [5.74, 6) is -1.60. The van der Waals surface area contributed by atoms with Crippen LogP contribution in [0.4, 0.5) is 5.13 Å². The van der Waals surface area contributed by atoms with Crippen LogP contribution in [-0.4, -0.2) is 49.1 Å². The number of methoxy groups -OCH3 is 3. The number of furan rings is 1. The fourth-order valence-electron chi connectivity index (χ4n) is 3.83. The number of aliphatic hydroxyl groups is 1. The van der Waals surface area contributed by atoms with E-state index in [-0.39, 0.29) is 21.3 Å². The molecular weight excluding hydrogens is 476 g/mol. The maximum absolute atomic E-state index is 13.4. The Kier molecular flexibility index (Phi) is 6.35. The SMILES string of the molecule is COC(=O)c1sc(N2C(=O)C(O)=C(C(=O)c3ccc(C)o3)[C@@H]2c2ccc(OC)c(OC)c2)nc1C. The Morgan fingerprint density at radius 3 is 2.40 bits per heavy atom. The number of anilines is 1. The predicted octanol–water partition coefficient (Wildman–Crippen LogP) is 3.94. The molecule has 1 aliphatic rings. The van der Waals surface area contributed by atoms with Crippen molar-refractivity contribution < 1.29 is 38.1 Å². The second-order valence-electron chi connectivity index (χ2n) is 7.60. The summed E-state index contributed by atoms with van der Waals surface area (Å²) in [6, 6.07) is 6.87. The van der Waals surface area contributed by atoms with Crippen LogP contribution in [0.25, 0.3) is 0 Å². The van der Waals surface area contributed by atoms with Gasteiger partial charge in [-0.3, -0.25) is 14.5 Å². The summed E-state index contributed by atoms with van der Waals surface area (Å²) in [4.78, 5) is 44.6. The van der Waals surface area contributed by atoms with Crippen LogP contribution >= 0.6 is 11.3 Å². The first-order valence-corrected chi connectivity index (χ1v) is 11.2. The van der Waals surface area contributed by atoms with Crippen molar-refractivity contribution in [1.29, 1.82) is 0 Å². The number of aliphatic hydroxyl groups excluding tert-OH is 1. The van der Waals surface area contributed by atoms with Crippen LogP contribution < -0.4 is 14.4 Å². The van der Waals surface area contributed by atoms with E-state index in [4.69, 9.17) is 18.6 Å². The molecule has 1 aromatic carbocycles. The Balaban J connectivity index is 1.91. The molecule has 10 nitrogen and oxygen atoms in total. The molecule has 0 saturated carbocycles. The standard InChI is InChI=1S/C24H22N2O8S/c1-11-6-8-15(34-11)19(27)17-18(13-7-9-14(31-3)16(10-13)32-4)26(22(29)20(17)28)24-25-12(2)21(35-24)23(30)33-5/h6-10,18,28H,1-5H3/t18-/m0/s1. The maximum atomic E-state index is 13.4. The van der Waals surface area contributed by atoms with E-state index in [1.165, 1.54) is 32.3 Å². The lowest BCUT2D eigenvalue weighted by molar-refractivity contribution is -0.117. The maximum Gasteiger partial charge on any atom is 0.350 e. The summed E-state index contributed by atoms with van der Waals surface area (Å²) in [6.45, 7) is 3.28. The van der Waals surface area contributed by atoms with E-state index < -0.39 is 29.5 Å². The lowest BCUT2D eigenvalue weighted by atomic mass is 9.95. The number of ether oxygens (including phenoxy) is 3. The average Bonchev–Trinajstić information content (AvgIpc) is 3.53. The van der Waals surface area contributed by atoms with Gasteiger partial charge in [0.1, 0.15) is 10.6 Å². The number of carbonyl (C=O) groups excluding carboxylic acids is 3. The highest BCUT2D eigenvalue weighted by molar-refractivity contribution is 7.17. The number of carbonyl (C=O) groups is 3. The smallest absolute Gasteiger partial charge is 0.350 e. The number of aromatic nitrogens is 1. The fourth-order valence-corrected chi connectivity index (χ4v) is 4.84. The van der Waals surface area contributed by atoms with E-state index in [1.54, 1.807) is 38.1 Å². The molecule has 1 atom stereocenters. The quantitative estimate of drug-likeness (QED) is 0.380. The molecule has 11 heteroatoms. The van der Waals surface area contributed by atoms with E-state index >= 15 is 0 Å². The van der Waals surface area contributed by atoms with Crippen LogP contribution in [0.1, 0.15) is 43.3 Å². The van der Waals surface area contributed by atoms with Crippen LogP contribution in [0.5, 0.6) is 11.5 Å². The third-order valence-electron chi connectivity index (χ3n) is 5.50. The van der Waals surface area contributed by atoms with Gasteiger partial charge in [0.2, 0.25) is 5.78 Å². The number of thiazole rings is 1. The van der Waals surface area contributed by atoms with Gasteiger partial charge >= 0.3 is 5.97 Å². The summed E-state index contributed by atoms with van der Waals surface area (Å²) >= 11 is 0.916. The van der Waals surface area contributed by atoms with Crippen LogP contribution in [-0.2, 0) is 9.53 Å². The van der Waals surface area contributed by atoms with Crippen molar-refractivity contribution in [1.82, 2.24) is 4.98 Å². The van der Waals surface area contributed by atoms with Crippen molar-refractivity contribution in [2.45, 2.75) is 19.9 Å². The Morgan fingerprint density at radius 1 is 1.09 bits per heavy atom. The number of ketones is 1. The molecule has 35 heavy (non-hydrogen) atoms. The number of benzene rings is 1. The van der Waals surface area contributed by atoms with Gasteiger partial charge in [0.15, 0.2) is 28.1 Å². The van der Waals surface area contributed by atoms with Gasteiger partial charge in [-0.2, -0.15) is 0 Å². The van der Waals surface area contributed by atoms with Gasteiger partial charge in [0.05, 0.1) is 38.6 Å². The zero-order valence-corrected chi connectivity index (χ0v) is 20.4. The molecule has 0 radical (unpaired) electrons. The first kappa shape index (κ1) is 24.0. The highest BCUT2D eigenvalue weighted by atomic mass is 32.1. The van der Waals surface area contributed by atoms with Gasteiger partial charge in [0.25, 0.3) is 5.91 Å². The molecule has 3 aromatic rings. The predicted molar refractivity (Wildman–Crippen MR) is 125 cm³/mol. The second kappa shape index (κ2) is 9.26. The topological polar surface area (TPSA) is 128 Å². The summed E-state index contributed by atoms with van der Waals surface area (Å²) in [5.41, 5.74) is 0.597. The second-order valence-corrected chi connectivity index (χ2v) is 8.57. The van der Waals surface area contributed by atoms with Gasteiger partial charge in [-0.25, -0.2) is 9.78 Å². The van der Waals surface area contributed by atoms with Gasteiger partial charge < -0.3 is 23.7 Å². The van der Waals surface area contributed by atoms with Gasteiger partial charge in [-0.05, 0) is 43.7 Å². The fraction of sp³-hybridized carbons (Fsp3) is 0.250. The zero-order valence-electron chi connectivity index (χ0n) is 19.6. The summed E-state index contributed by atoms with van der Waals surface area (Å²) < 4.78 is 21.0. The molecule has 3 heterocycles. The molecular formula is C24H22N2O8S. The molecule has 0 aliphatic carbocycles. The van der Waals surface area contributed by atoms with Crippen LogP contribution in [0.15, 0.2) is 46.1 Å². The van der Waals surface area contributed by atoms with Crippen molar-refractivity contribution in [3.05, 3.63) is 69.3 Å². The number of hydrogen-bond acceptors (Lipinski definition) is 10. The molecule has 182 valence electrons. The van der Waals surface area contributed by atoms with E-state index in [9.17, 15) is 19.5 Å². The Bertz CT molecular complexity index is 1370. The number of Topliss-reactive ketones (excluding diaryl/α,β-unsaturated/α-hetero) is 1. The lowest BCUT2D eigenvalue weighted by Crippen LogP contribution is -2.31. The zero-order chi connectivity index (χ0) is 25.4. The van der Waals surface area contributed by atoms with Crippen molar-refractivity contribution in [2.24, 2.45) is 0 Å². The molecule has 0 saturated heterocycles. The largest absolute Gasteiger partial charge is 0.503 e. The first-order valence-electron chi connectivity index (χ1n) is 10.4. The van der Waals surface area contributed by atoms with E-state index in [2.05, 4.69) is 4.98 Å². The summed E-state index contributed by atoms with van der Waals surface area (Å²) in [6.07, 6.45) is 0. The first-order chi connectivity index (χ1) is 16.7. The molecule has 4 rings (SSSR count). The molecule has 1 amide bonds. The Hall–Kier alpha value is -4.12. The summed E-state index contributed by atoms with van der Waals surface area (Å²) in [7, 11) is 4.18. The van der Waals surface area contributed by atoms with Crippen LogP contribution in [0.3, 0.4) is 0 Å². The molecule has 0 fully saturated rings. The molecule has 1 aliphatic heterocycles. The number of hydrogen-bond donors (Lipinski definition) is 1. The lowest BCUT2D eigenvalue weighted by Gasteiger charge is -2.25. The van der Waals surface area contributed by atoms with Crippen molar-refractivity contribution in [2.75, 3.05) is 26.2 Å². The molecule has 0 unspecified atom stereocenters. The monoisotopic (exact) mass is 498 g/mol. The van der Waals surface area contributed by atoms with Crippen molar-refractivity contribution in [3.63, 3.8) is 0 Å². The van der Waals surface area contributed by atoms with Gasteiger partial charge in [-0.1, -0.05) is 17.4 Å². The number of rotatable bonds is 7. The van der Waals surface area contributed by atoms with Gasteiger partial charge in [-0.15, -0.1) is 0 Å². The minimum Gasteiger partial charge on any atom is -0.503 e. The van der Waals surface area contributed by atoms with E-state index in [0.717, 1.165) is 11.3 Å². The van der Waals surface area contributed by atoms with E-state index in [1.807, 2.05) is 0 Å². The van der Waals surface area contributed by atoms with Gasteiger partial charge in [0, 0.05) is 0 Å². The third kappa shape index (κ3) is 4.03. The molecule has 0 spiro atoms. The van der Waals surface area contributed by atoms with E-state index in [0.29, 0.717) is 28.5 Å². The summed E-state index contributed by atoms with van der Waals surface area (Å²) in [5, 5.41) is 11.0. The van der Waals surface area contributed by atoms with Crippen LogP contribution in [0, 0.1) is 13.8 Å². The molecule has 2 aromatic heterocycles. The molecule has 0 bridgehead atoms. The third-order valence-corrected chi connectivity index (χ3v) is 6.64. The average molecular weight is 499 g/mol.